The van der Waals surface area contributed by atoms with E-state index in [4.69, 9.17) is 5.73 Å². The third kappa shape index (κ3) is 3.46. The van der Waals surface area contributed by atoms with Crippen LogP contribution in [-0.2, 0) is 12.8 Å². The van der Waals surface area contributed by atoms with E-state index in [1.165, 1.54) is 11.3 Å². The highest BCUT2D eigenvalue weighted by atomic mass is 14.7. The van der Waals surface area contributed by atoms with Gasteiger partial charge in [0.05, 0.1) is 0 Å². The van der Waals surface area contributed by atoms with Crippen molar-refractivity contribution in [1.29, 1.82) is 0 Å². The van der Waals surface area contributed by atoms with Crippen LogP contribution < -0.4 is 5.73 Å². The van der Waals surface area contributed by atoms with Crippen molar-refractivity contribution in [3.8, 4) is 0 Å². The lowest BCUT2D eigenvalue weighted by molar-refractivity contribution is 0.532. The van der Waals surface area contributed by atoms with Crippen molar-refractivity contribution in [2.75, 3.05) is 6.54 Å². The molecule has 2 N–H and O–H groups in total. The Hall–Kier alpha value is -0.890. The van der Waals surface area contributed by atoms with Crippen LogP contribution in [-0.4, -0.2) is 11.5 Å². The van der Waals surface area contributed by atoms with Crippen LogP contribution in [0.3, 0.4) is 0 Å². The molecule has 0 aliphatic rings. The normalized spacial score (nSPS) is 12.8. The Kier molecular flexibility index (Phi) is 4.60. The Morgan fingerprint density at radius 1 is 1.43 bits per heavy atom. The van der Waals surface area contributed by atoms with Crippen molar-refractivity contribution in [1.82, 2.24) is 4.98 Å². The lowest BCUT2D eigenvalue weighted by Crippen LogP contribution is -2.08. The van der Waals surface area contributed by atoms with E-state index >= 15 is 0 Å². The smallest absolute Gasteiger partial charge is 0.0406 e. The zero-order valence-corrected chi connectivity index (χ0v) is 9.16. The number of hydrogen-bond donors (Lipinski definition) is 1. The Balaban J connectivity index is 2.50. The van der Waals surface area contributed by atoms with Gasteiger partial charge in [0, 0.05) is 11.9 Å². The molecular formula is C12H20N2. The molecule has 1 rings (SSSR count). The average molecular weight is 192 g/mol. The summed E-state index contributed by atoms with van der Waals surface area (Å²) in [4.78, 5) is 4.43. The lowest BCUT2D eigenvalue weighted by Gasteiger charge is -2.09. The molecule has 0 saturated heterocycles. The molecule has 0 bridgehead atoms. The predicted molar refractivity (Wildman–Crippen MR) is 60.2 cm³/mol. The Morgan fingerprint density at radius 2 is 2.21 bits per heavy atom. The zero-order chi connectivity index (χ0) is 10.4. The van der Waals surface area contributed by atoms with Gasteiger partial charge >= 0.3 is 0 Å². The first-order valence-electron chi connectivity index (χ1n) is 5.40. The third-order valence-electron chi connectivity index (χ3n) is 2.51. The molecule has 0 spiro atoms. The van der Waals surface area contributed by atoms with Gasteiger partial charge in [-0.3, -0.25) is 4.98 Å². The van der Waals surface area contributed by atoms with Crippen LogP contribution in [0.2, 0.25) is 0 Å². The minimum Gasteiger partial charge on any atom is -0.330 e. The molecule has 1 heterocycles. The predicted octanol–water partition coefficient (Wildman–Crippen LogP) is 2.17. The lowest BCUT2D eigenvalue weighted by atomic mass is 10.0. The highest BCUT2D eigenvalue weighted by Crippen LogP contribution is 2.09. The minimum absolute atomic E-state index is 0.639. The Bertz CT molecular complexity index is 254. The zero-order valence-electron chi connectivity index (χ0n) is 9.16. The molecule has 78 valence electrons. The molecule has 0 radical (unpaired) electrons. The molecule has 14 heavy (non-hydrogen) atoms. The number of rotatable bonds is 5. The molecule has 1 unspecified atom stereocenters. The first kappa shape index (κ1) is 11.2. The fourth-order valence-electron chi connectivity index (χ4n) is 1.53. The Morgan fingerprint density at radius 3 is 2.71 bits per heavy atom. The van der Waals surface area contributed by atoms with E-state index in [0.717, 1.165) is 25.8 Å². The number of aryl methyl sites for hydroxylation is 1. The van der Waals surface area contributed by atoms with E-state index in [2.05, 4.69) is 31.0 Å². The van der Waals surface area contributed by atoms with Gasteiger partial charge < -0.3 is 5.73 Å². The van der Waals surface area contributed by atoms with Gasteiger partial charge in [0.15, 0.2) is 0 Å². The van der Waals surface area contributed by atoms with E-state index < -0.39 is 0 Å². The van der Waals surface area contributed by atoms with Gasteiger partial charge in [-0.05, 0) is 43.4 Å². The van der Waals surface area contributed by atoms with Gasteiger partial charge in [-0.2, -0.15) is 0 Å². The fourth-order valence-corrected chi connectivity index (χ4v) is 1.53. The number of hydrogen-bond acceptors (Lipinski definition) is 2. The summed E-state index contributed by atoms with van der Waals surface area (Å²) >= 11 is 0. The quantitative estimate of drug-likeness (QED) is 0.776. The van der Waals surface area contributed by atoms with E-state index in [9.17, 15) is 0 Å². The fraction of sp³-hybridized carbons (Fsp3) is 0.583. The number of aromatic nitrogens is 1. The molecule has 1 atom stereocenters. The summed E-state index contributed by atoms with van der Waals surface area (Å²) in [5, 5.41) is 0. The molecule has 0 aliphatic carbocycles. The first-order valence-corrected chi connectivity index (χ1v) is 5.40. The van der Waals surface area contributed by atoms with E-state index in [1.54, 1.807) is 0 Å². The molecule has 0 amide bonds. The molecule has 0 saturated carbocycles. The highest BCUT2D eigenvalue weighted by Gasteiger charge is 2.03. The maximum atomic E-state index is 5.51. The minimum atomic E-state index is 0.639. The van der Waals surface area contributed by atoms with Gasteiger partial charge in [-0.1, -0.05) is 19.9 Å². The van der Waals surface area contributed by atoms with E-state index in [-0.39, 0.29) is 0 Å². The summed E-state index contributed by atoms with van der Waals surface area (Å²) in [5.74, 6) is 0.639. The molecule has 1 aromatic rings. The average Bonchev–Trinajstić information content (AvgIpc) is 2.19. The molecular weight excluding hydrogens is 172 g/mol. The molecule has 0 aliphatic heterocycles. The SMILES string of the molecule is CCc1ccc(CC(C)CCN)nc1. The number of nitrogens with two attached hydrogens (primary N) is 1. The van der Waals surface area contributed by atoms with Crippen LogP contribution >= 0.6 is 0 Å². The van der Waals surface area contributed by atoms with Crippen molar-refractivity contribution in [2.45, 2.75) is 33.1 Å². The maximum absolute atomic E-state index is 5.51. The second kappa shape index (κ2) is 5.76. The maximum Gasteiger partial charge on any atom is 0.0406 e. The molecule has 0 aromatic carbocycles. The van der Waals surface area contributed by atoms with Crippen LogP contribution in [0.5, 0.6) is 0 Å². The van der Waals surface area contributed by atoms with Gasteiger partial charge in [0.1, 0.15) is 0 Å². The topological polar surface area (TPSA) is 38.9 Å². The summed E-state index contributed by atoms with van der Waals surface area (Å²) in [6, 6.07) is 4.29. The second-order valence-electron chi connectivity index (χ2n) is 3.90. The van der Waals surface area contributed by atoms with E-state index in [1.807, 2.05) is 6.20 Å². The van der Waals surface area contributed by atoms with Crippen LogP contribution in [0.25, 0.3) is 0 Å². The summed E-state index contributed by atoms with van der Waals surface area (Å²) in [7, 11) is 0. The monoisotopic (exact) mass is 192 g/mol. The van der Waals surface area contributed by atoms with Crippen molar-refractivity contribution < 1.29 is 0 Å². The van der Waals surface area contributed by atoms with Gasteiger partial charge in [0.25, 0.3) is 0 Å². The van der Waals surface area contributed by atoms with E-state index in [0.29, 0.717) is 5.92 Å². The second-order valence-corrected chi connectivity index (χ2v) is 3.90. The van der Waals surface area contributed by atoms with Gasteiger partial charge in [0.2, 0.25) is 0 Å². The van der Waals surface area contributed by atoms with Gasteiger partial charge in [-0.25, -0.2) is 0 Å². The molecule has 0 fully saturated rings. The van der Waals surface area contributed by atoms with Gasteiger partial charge in [-0.15, -0.1) is 0 Å². The third-order valence-corrected chi connectivity index (χ3v) is 2.51. The molecule has 2 nitrogen and oxygen atoms in total. The largest absolute Gasteiger partial charge is 0.330 e. The van der Waals surface area contributed by atoms with Crippen LogP contribution in [0.15, 0.2) is 18.3 Å². The number of nitrogens with zero attached hydrogens (tertiary/aromatic N) is 1. The van der Waals surface area contributed by atoms with Crippen LogP contribution in [0.1, 0.15) is 31.5 Å². The summed E-state index contributed by atoms with van der Waals surface area (Å²) in [6.45, 7) is 5.14. The highest BCUT2D eigenvalue weighted by molar-refractivity contribution is 5.14. The summed E-state index contributed by atoms with van der Waals surface area (Å²) in [5.41, 5.74) is 8.00. The first-order chi connectivity index (χ1) is 6.76. The van der Waals surface area contributed by atoms with Crippen LogP contribution in [0.4, 0.5) is 0 Å². The number of pyridine rings is 1. The summed E-state index contributed by atoms with van der Waals surface area (Å²) in [6.07, 6.45) is 5.16. The van der Waals surface area contributed by atoms with Crippen LogP contribution in [0, 0.1) is 5.92 Å². The van der Waals surface area contributed by atoms with Crippen molar-refractivity contribution in [3.63, 3.8) is 0 Å². The van der Waals surface area contributed by atoms with Crippen molar-refractivity contribution >= 4 is 0 Å². The Labute approximate surface area is 86.5 Å². The molecule has 1 aromatic heterocycles. The molecule has 2 heteroatoms. The van der Waals surface area contributed by atoms with Crippen molar-refractivity contribution in [2.24, 2.45) is 11.7 Å². The van der Waals surface area contributed by atoms with Crippen molar-refractivity contribution in [3.05, 3.63) is 29.6 Å². The summed E-state index contributed by atoms with van der Waals surface area (Å²) < 4.78 is 0. The standard InChI is InChI=1S/C12H20N2/c1-3-11-4-5-12(14-9-11)8-10(2)6-7-13/h4-5,9-10H,3,6-8,13H2,1-2H3.